The second-order valence-corrected chi connectivity index (χ2v) is 7.24. The summed E-state index contributed by atoms with van der Waals surface area (Å²) in [7, 11) is 0. The molecule has 0 amide bonds. The molecule has 0 fully saturated rings. The van der Waals surface area contributed by atoms with Crippen molar-refractivity contribution in [3.8, 4) is 11.5 Å². The first-order valence-corrected chi connectivity index (χ1v) is 10.1. The Kier molecular flexibility index (Phi) is 10.1. The number of carbonyl (C=O) groups excluding carboxylic acids is 2. The molecule has 8 heteroatoms. The highest BCUT2D eigenvalue weighted by Gasteiger charge is 2.22. The molecule has 0 aromatic heterocycles. The Bertz CT molecular complexity index is 839. The van der Waals surface area contributed by atoms with Crippen LogP contribution in [0.2, 0.25) is 0 Å². The monoisotopic (exact) mass is 430 g/mol. The van der Waals surface area contributed by atoms with Crippen molar-refractivity contribution in [2.75, 3.05) is 26.3 Å². The summed E-state index contributed by atoms with van der Waals surface area (Å²) in [6.45, 7) is 4.17. The molecule has 31 heavy (non-hydrogen) atoms. The maximum atomic E-state index is 11.4. The Labute approximate surface area is 182 Å². The SMILES string of the molecule is CC(=O)COC(OCC(C)=O)N(CCNCc1ccccc1O)Cc1ccccc1O. The molecule has 2 aromatic carbocycles. The molecule has 0 atom stereocenters. The van der Waals surface area contributed by atoms with E-state index in [0.29, 0.717) is 25.2 Å². The van der Waals surface area contributed by atoms with Gasteiger partial charge in [-0.25, -0.2) is 4.90 Å². The maximum Gasteiger partial charge on any atom is 0.219 e. The lowest BCUT2D eigenvalue weighted by molar-refractivity contribution is -0.224. The number of hydrogen-bond acceptors (Lipinski definition) is 8. The molecule has 8 nitrogen and oxygen atoms in total. The van der Waals surface area contributed by atoms with Crippen LogP contribution in [0.1, 0.15) is 25.0 Å². The first-order valence-electron chi connectivity index (χ1n) is 10.1. The number of nitrogens with zero attached hydrogens (tertiary/aromatic N) is 1. The van der Waals surface area contributed by atoms with Gasteiger partial charge in [0.25, 0.3) is 0 Å². The molecule has 0 aliphatic heterocycles. The Hall–Kier alpha value is -2.78. The molecule has 2 rings (SSSR count). The van der Waals surface area contributed by atoms with Crippen molar-refractivity contribution in [1.29, 1.82) is 0 Å². The van der Waals surface area contributed by atoms with Gasteiger partial charge in [0, 0.05) is 37.3 Å². The zero-order chi connectivity index (χ0) is 22.6. The van der Waals surface area contributed by atoms with Gasteiger partial charge in [0.15, 0.2) is 11.6 Å². The van der Waals surface area contributed by atoms with E-state index < -0.39 is 6.41 Å². The van der Waals surface area contributed by atoms with E-state index in [9.17, 15) is 19.8 Å². The van der Waals surface area contributed by atoms with Crippen LogP contribution in [0.5, 0.6) is 11.5 Å². The third-order valence-corrected chi connectivity index (χ3v) is 4.40. The highest BCUT2D eigenvalue weighted by Crippen LogP contribution is 2.20. The minimum Gasteiger partial charge on any atom is -0.508 e. The van der Waals surface area contributed by atoms with Crippen molar-refractivity contribution in [3.05, 3.63) is 59.7 Å². The average Bonchev–Trinajstić information content (AvgIpc) is 2.73. The van der Waals surface area contributed by atoms with Crippen molar-refractivity contribution >= 4 is 11.6 Å². The van der Waals surface area contributed by atoms with E-state index in [1.165, 1.54) is 13.8 Å². The summed E-state index contributed by atoms with van der Waals surface area (Å²) in [5.74, 6) is 0.00768. The van der Waals surface area contributed by atoms with E-state index in [0.717, 1.165) is 5.56 Å². The molecule has 0 saturated heterocycles. The normalized spacial score (nSPS) is 11.2. The van der Waals surface area contributed by atoms with Gasteiger partial charge in [-0.15, -0.1) is 0 Å². The van der Waals surface area contributed by atoms with Crippen LogP contribution in [0.25, 0.3) is 0 Å². The van der Waals surface area contributed by atoms with Gasteiger partial charge in [-0.1, -0.05) is 36.4 Å². The Morgan fingerprint density at radius 2 is 1.42 bits per heavy atom. The van der Waals surface area contributed by atoms with Gasteiger partial charge in [0.05, 0.1) is 0 Å². The molecule has 0 spiro atoms. The molecule has 0 saturated carbocycles. The van der Waals surface area contributed by atoms with E-state index in [4.69, 9.17) is 9.47 Å². The summed E-state index contributed by atoms with van der Waals surface area (Å²) in [5.41, 5.74) is 1.43. The van der Waals surface area contributed by atoms with E-state index in [1.807, 2.05) is 18.2 Å². The molecule has 0 unspecified atom stereocenters. The summed E-state index contributed by atoms with van der Waals surface area (Å²) >= 11 is 0. The lowest BCUT2D eigenvalue weighted by Crippen LogP contribution is -2.43. The minimum absolute atomic E-state index is 0.131. The number of ketones is 2. The van der Waals surface area contributed by atoms with Crippen molar-refractivity contribution in [2.45, 2.75) is 33.4 Å². The number of ether oxygens (including phenoxy) is 2. The number of rotatable bonds is 14. The van der Waals surface area contributed by atoms with Crippen LogP contribution in [0, 0.1) is 0 Å². The van der Waals surface area contributed by atoms with Crippen molar-refractivity contribution < 1.29 is 29.3 Å². The number of para-hydroxylation sites is 2. The molecular formula is C23H30N2O6. The van der Waals surface area contributed by atoms with Crippen LogP contribution in [0.15, 0.2) is 48.5 Å². The number of carbonyl (C=O) groups is 2. The highest BCUT2D eigenvalue weighted by molar-refractivity contribution is 5.77. The van der Waals surface area contributed by atoms with Gasteiger partial charge in [-0.3, -0.25) is 9.59 Å². The van der Waals surface area contributed by atoms with Crippen LogP contribution in [0.4, 0.5) is 0 Å². The number of benzene rings is 2. The topological polar surface area (TPSA) is 108 Å². The van der Waals surface area contributed by atoms with Gasteiger partial charge in [0.1, 0.15) is 24.7 Å². The summed E-state index contributed by atoms with van der Waals surface area (Å²) < 4.78 is 11.2. The molecule has 0 aliphatic carbocycles. The van der Waals surface area contributed by atoms with Crippen LogP contribution in [-0.4, -0.2) is 59.4 Å². The van der Waals surface area contributed by atoms with Crippen molar-refractivity contribution in [1.82, 2.24) is 10.2 Å². The Morgan fingerprint density at radius 1 is 0.903 bits per heavy atom. The second kappa shape index (κ2) is 12.8. The fourth-order valence-corrected chi connectivity index (χ4v) is 2.86. The molecule has 0 heterocycles. The molecule has 2 aromatic rings. The molecule has 0 aliphatic rings. The molecule has 0 radical (unpaired) electrons. The number of phenolic OH excluding ortho intramolecular Hbond substituents is 2. The predicted molar refractivity (Wildman–Crippen MR) is 115 cm³/mol. The molecule has 0 bridgehead atoms. The van der Waals surface area contributed by atoms with Crippen LogP contribution in [0.3, 0.4) is 0 Å². The zero-order valence-electron chi connectivity index (χ0n) is 17.9. The average molecular weight is 431 g/mol. The maximum absolute atomic E-state index is 11.4. The molecule has 168 valence electrons. The van der Waals surface area contributed by atoms with E-state index in [2.05, 4.69) is 5.32 Å². The van der Waals surface area contributed by atoms with Gasteiger partial charge in [0.2, 0.25) is 6.41 Å². The number of Topliss-reactive ketones (excluding diaryl/α,β-unsaturated/α-hetero) is 2. The fraction of sp³-hybridized carbons (Fsp3) is 0.391. The second-order valence-electron chi connectivity index (χ2n) is 7.24. The summed E-state index contributed by atoms with van der Waals surface area (Å²) in [6.07, 6.45) is -0.945. The van der Waals surface area contributed by atoms with Crippen LogP contribution < -0.4 is 5.32 Å². The lowest BCUT2D eigenvalue weighted by Gasteiger charge is -2.31. The third kappa shape index (κ3) is 8.85. The van der Waals surface area contributed by atoms with E-state index >= 15 is 0 Å². The highest BCUT2D eigenvalue weighted by atomic mass is 16.7. The van der Waals surface area contributed by atoms with Gasteiger partial charge >= 0.3 is 0 Å². The lowest BCUT2D eigenvalue weighted by atomic mass is 10.2. The van der Waals surface area contributed by atoms with Crippen LogP contribution >= 0.6 is 0 Å². The Balaban J connectivity index is 2.08. The molecular weight excluding hydrogens is 400 g/mol. The summed E-state index contributed by atoms with van der Waals surface area (Å²) in [6, 6.07) is 14.0. The zero-order valence-corrected chi connectivity index (χ0v) is 17.9. The largest absolute Gasteiger partial charge is 0.508 e. The standard InChI is InChI=1S/C23H30N2O6/c1-17(26)15-30-23(31-16-18(2)27)25(14-20-8-4-6-10-22(20)29)12-11-24-13-19-7-3-5-9-21(19)28/h3-10,23-24,28-29H,11-16H2,1-2H3. The quantitative estimate of drug-likeness (QED) is 0.309. The number of phenols is 2. The van der Waals surface area contributed by atoms with Crippen molar-refractivity contribution in [3.63, 3.8) is 0 Å². The smallest absolute Gasteiger partial charge is 0.219 e. The van der Waals surface area contributed by atoms with Gasteiger partial charge < -0.3 is 25.0 Å². The van der Waals surface area contributed by atoms with E-state index in [-0.39, 0.29) is 42.8 Å². The number of nitrogens with one attached hydrogen (secondary N) is 1. The van der Waals surface area contributed by atoms with Crippen molar-refractivity contribution in [2.24, 2.45) is 0 Å². The van der Waals surface area contributed by atoms with Crippen LogP contribution in [-0.2, 0) is 32.2 Å². The summed E-state index contributed by atoms with van der Waals surface area (Å²) in [5, 5.41) is 23.3. The fourth-order valence-electron chi connectivity index (χ4n) is 2.86. The molecule has 3 N–H and O–H groups in total. The minimum atomic E-state index is -0.945. The van der Waals surface area contributed by atoms with E-state index in [1.54, 1.807) is 35.2 Å². The Morgan fingerprint density at radius 3 is 1.94 bits per heavy atom. The summed E-state index contributed by atoms with van der Waals surface area (Å²) in [4.78, 5) is 24.6. The first-order chi connectivity index (χ1) is 14.9. The predicted octanol–water partition coefficient (Wildman–Crippen LogP) is 2.18. The number of aromatic hydroxyl groups is 2. The third-order valence-electron chi connectivity index (χ3n) is 4.40. The van der Waals surface area contributed by atoms with Gasteiger partial charge in [-0.2, -0.15) is 0 Å². The first kappa shape index (κ1) is 24.5. The number of hydrogen-bond donors (Lipinski definition) is 3. The van der Waals surface area contributed by atoms with Gasteiger partial charge in [-0.05, 0) is 26.0 Å².